The molecule has 0 radical (unpaired) electrons. The maximum Gasteiger partial charge on any atom is 0.413 e. The smallest absolute Gasteiger partial charge is 0.413 e. The molecule has 144 valence electrons. The van der Waals surface area contributed by atoms with E-state index in [0.717, 1.165) is 6.26 Å². The number of alkyl carbamates (subject to hydrolysis) is 1. The van der Waals surface area contributed by atoms with Crippen molar-refractivity contribution in [3.8, 4) is 0 Å². The molecule has 0 atom stereocenters. The number of carbonyl (C=O) groups is 2. The molecule has 0 aromatic heterocycles. The summed E-state index contributed by atoms with van der Waals surface area (Å²) in [6.07, 6.45) is 0.313. The number of nitrogens with one attached hydrogen (secondary N) is 3. The van der Waals surface area contributed by atoms with Crippen molar-refractivity contribution in [1.29, 1.82) is 0 Å². The Kier molecular flexibility index (Phi) is 7.93. The minimum Gasteiger partial charge on any atom is -0.450 e. The lowest BCUT2D eigenvalue weighted by atomic mass is 10.2. The number of thiocarbonyl (C=S) groups is 1. The van der Waals surface area contributed by atoms with Crippen molar-refractivity contribution < 1.29 is 22.7 Å². The molecule has 3 N–H and O–H groups in total. The molecule has 0 saturated carbocycles. The Labute approximate surface area is 158 Å². The number of anilines is 2. The normalized spacial score (nSPS) is 11.0. The monoisotopic (exact) mass is 402 g/mol. The quantitative estimate of drug-likeness (QED) is 0.604. The van der Waals surface area contributed by atoms with E-state index in [1.165, 1.54) is 18.2 Å². The molecule has 1 aromatic carbocycles. The number of amides is 2. The lowest BCUT2D eigenvalue weighted by molar-refractivity contribution is -0.116. The average Bonchev–Trinajstić information content (AvgIpc) is 2.47. The molecule has 0 spiro atoms. The number of ether oxygens (including phenoxy) is 1. The molecule has 0 aliphatic rings. The van der Waals surface area contributed by atoms with E-state index < -0.39 is 15.9 Å². The van der Waals surface area contributed by atoms with E-state index >= 15 is 0 Å². The van der Waals surface area contributed by atoms with Gasteiger partial charge in [-0.2, -0.15) is 0 Å². The third-order valence-corrected chi connectivity index (χ3v) is 4.21. The maximum atomic E-state index is 12.0. The van der Waals surface area contributed by atoms with E-state index in [1.54, 1.807) is 25.9 Å². The molecule has 0 heterocycles. The van der Waals surface area contributed by atoms with E-state index in [-0.39, 0.29) is 34.8 Å². The van der Waals surface area contributed by atoms with Crippen LogP contribution in [0.5, 0.6) is 0 Å². The van der Waals surface area contributed by atoms with E-state index in [1.807, 2.05) is 0 Å². The Hall–Kier alpha value is -2.24. The second-order valence-corrected chi connectivity index (χ2v) is 7.99. The molecule has 0 aliphatic heterocycles. The van der Waals surface area contributed by atoms with Crippen molar-refractivity contribution in [3.63, 3.8) is 0 Å². The number of rotatable bonds is 6. The van der Waals surface area contributed by atoms with Crippen LogP contribution in [0.3, 0.4) is 0 Å². The molecule has 0 aliphatic carbocycles. The summed E-state index contributed by atoms with van der Waals surface area (Å²) in [4.78, 5) is 25.1. The van der Waals surface area contributed by atoms with Crippen LogP contribution >= 0.6 is 12.2 Å². The number of benzene rings is 1. The summed E-state index contributed by atoms with van der Waals surface area (Å²) in [7, 11) is 0.00667. The highest BCUT2D eigenvalue weighted by Crippen LogP contribution is 2.25. The fourth-order valence-electron chi connectivity index (χ4n) is 1.86. The Morgan fingerprint density at radius 1 is 1.19 bits per heavy atom. The van der Waals surface area contributed by atoms with Crippen LogP contribution < -0.4 is 16.0 Å². The molecule has 2 amide bonds. The topological polar surface area (TPSA) is 117 Å². The summed E-state index contributed by atoms with van der Waals surface area (Å²) in [5.41, 5.74) is 0.541. The van der Waals surface area contributed by atoms with Gasteiger partial charge in [-0.3, -0.25) is 10.1 Å². The highest BCUT2D eigenvalue weighted by Gasteiger charge is 2.15. The molecule has 1 rings (SSSR count). The van der Waals surface area contributed by atoms with E-state index in [0.29, 0.717) is 5.69 Å². The van der Waals surface area contributed by atoms with Crippen LogP contribution in [-0.4, -0.2) is 63.9 Å². The summed E-state index contributed by atoms with van der Waals surface area (Å²) in [6.45, 7) is 1.95. The van der Waals surface area contributed by atoms with Gasteiger partial charge < -0.3 is 20.3 Å². The van der Waals surface area contributed by atoms with Crippen LogP contribution in [0.1, 0.15) is 6.92 Å². The largest absolute Gasteiger partial charge is 0.450 e. The van der Waals surface area contributed by atoms with Gasteiger partial charge in [0.2, 0.25) is 5.91 Å². The second kappa shape index (κ2) is 9.46. The van der Waals surface area contributed by atoms with Crippen molar-refractivity contribution in [2.24, 2.45) is 0 Å². The van der Waals surface area contributed by atoms with Crippen LogP contribution in [0, 0.1) is 0 Å². The van der Waals surface area contributed by atoms with Crippen LogP contribution in [0.2, 0.25) is 0 Å². The van der Waals surface area contributed by atoms with Crippen LogP contribution in [-0.2, 0) is 19.4 Å². The van der Waals surface area contributed by atoms with E-state index in [4.69, 9.17) is 17.0 Å². The number of likely N-dealkylation sites (N-methyl/N-ethyl adjacent to an activating group) is 1. The van der Waals surface area contributed by atoms with Crippen molar-refractivity contribution in [2.45, 2.75) is 11.8 Å². The van der Waals surface area contributed by atoms with Crippen molar-refractivity contribution >= 4 is 50.5 Å². The van der Waals surface area contributed by atoms with Gasteiger partial charge in [0.05, 0.1) is 29.4 Å². The summed E-state index contributed by atoms with van der Waals surface area (Å²) >= 11 is 5.01. The predicted molar refractivity (Wildman–Crippen MR) is 103 cm³/mol. The van der Waals surface area contributed by atoms with Crippen LogP contribution in [0.15, 0.2) is 23.1 Å². The first-order valence-corrected chi connectivity index (χ1v) is 9.86. The van der Waals surface area contributed by atoms with Gasteiger partial charge in [0.25, 0.3) is 0 Å². The first-order valence-electron chi connectivity index (χ1n) is 7.56. The summed E-state index contributed by atoms with van der Waals surface area (Å²) in [5.74, 6) is -0.297. The SMILES string of the molecule is CCOC(=O)NC(=S)Nc1cc(S(C)(=O)=O)ccc1NC(=O)CN(C)C. The van der Waals surface area contributed by atoms with Gasteiger partial charge in [-0.25, -0.2) is 13.2 Å². The fraction of sp³-hybridized carbons (Fsp3) is 0.400. The molecule has 0 bridgehead atoms. The van der Waals surface area contributed by atoms with Gasteiger partial charge in [-0.15, -0.1) is 0 Å². The maximum absolute atomic E-state index is 12.0. The zero-order chi connectivity index (χ0) is 19.9. The highest BCUT2D eigenvalue weighted by molar-refractivity contribution is 7.90. The van der Waals surface area contributed by atoms with Gasteiger partial charge in [0.1, 0.15) is 0 Å². The molecule has 0 fully saturated rings. The van der Waals surface area contributed by atoms with Gasteiger partial charge in [-0.05, 0) is 51.4 Å². The number of nitrogens with zero attached hydrogens (tertiary/aromatic N) is 1. The molecule has 26 heavy (non-hydrogen) atoms. The summed E-state index contributed by atoms with van der Waals surface area (Å²) < 4.78 is 28.3. The van der Waals surface area contributed by atoms with Crippen molar-refractivity contribution in [2.75, 3.05) is 44.1 Å². The first kappa shape index (κ1) is 21.8. The highest BCUT2D eigenvalue weighted by atomic mass is 32.2. The van der Waals surface area contributed by atoms with Gasteiger partial charge in [-0.1, -0.05) is 0 Å². The van der Waals surface area contributed by atoms with Crippen LogP contribution in [0.4, 0.5) is 16.2 Å². The number of sulfone groups is 1. The summed E-state index contributed by atoms with van der Waals surface area (Å²) in [6, 6.07) is 4.13. The molecule has 0 saturated heterocycles. The van der Waals surface area contributed by atoms with E-state index in [9.17, 15) is 18.0 Å². The van der Waals surface area contributed by atoms with Crippen LogP contribution in [0.25, 0.3) is 0 Å². The average molecular weight is 402 g/mol. The third-order valence-electron chi connectivity index (χ3n) is 2.89. The predicted octanol–water partition coefficient (Wildman–Crippen LogP) is 1.03. The molecular weight excluding hydrogens is 380 g/mol. The van der Waals surface area contributed by atoms with Gasteiger partial charge in [0, 0.05) is 6.26 Å². The zero-order valence-corrected chi connectivity index (χ0v) is 16.6. The summed E-state index contributed by atoms with van der Waals surface area (Å²) in [5, 5.41) is 7.55. The Bertz CT molecular complexity index is 793. The molecule has 11 heteroatoms. The molecule has 1 aromatic rings. The Morgan fingerprint density at radius 2 is 1.85 bits per heavy atom. The molecule has 0 unspecified atom stereocenters. The van der Waals surface area contributed by atoms with E-state index in [2.05, 4.69) is 16.0 Å². The Morgan fingerprint density at radius 3 is 2.38 bits per heavy atom. The van der Waals surface area contributed by atoms with Crippen molar-refractivity contribution in [1.82, 2.24) is 10.2 Å². The van der Waals surface area contributed by atoms with Crippen molar-refractivity contribution in [3.05, 3.63) is 18.2 Å². The number of hydrogen-bond donors (Lipinski definition) is 3. The minimum atomic E-state index is -3.47. The fourth-order valence-corrected chi connectivity index (χ4v) is 2.70. The minimum absolute atomic E-state index is 0.0320. The zero-order valence-electron chi connectivity index (χ0n) is 15.0. The molecule has 9 nitrogen and oxygen atoms in total. The lowest BCUT2D eigenvalue weighted by Gasteiger charge is -2.16. The number of carbonyl (C=O) groups excluding carboxylic acids is 2. The second-order valence-electron chi connectivity index (χ2n) is 5.57. The number of hydrogen-bond acceptors (Lipinski definition) is 7. The first-order chi connectivity index (χ1) is 12.0. The lowest BCUT2D eigenvalue weighted by Crippen LogP contribution is -2.35. The Balaban J connectivity index is 3.08. The molecular formula is C15H22N4O5S2. The third kappa shape index (κ3) is 7.33. The van der Waals surface area contributed by atoms with Gasteiger partial charge in [0.15, 0.2) is 14.9 Å². The van der Waals surface area contributed by atoms with Gasteiger partial charge >= 0.3 is 6.09 Å². The standard InChI is InChI=1S/C15H22N4O5S2/c1-5-24-15(21)18-14(25)17-12-8-10(26(4,22)23)6-7-11(12)16-13(20)9-19(2)3/h6-8H,5,9H2,1-4H3,(H,16,20)(H2,17,18,21,25).